The van der Waals surface area contributed by atoms with Crippen LogP contribution in [0.15, 0.2) is 30.5 Å². The van der Waals surface area contributed by atoms with Crippen molar-refractivity contribution in [2.75, 3.05) is 7.11 Å². The minimum absolute atomic E-state index is 0.689. The van der Waals surface area contributed by atoms with E-state index in [4.69, 9.17) is 16.3 Å². The zero-order valence-electron chi connectivity index (χ0n) is 8.65. The van der Waals surface area contributed by atoms with Gasteiger partial charge in [0.25, 0.3) is 0 Å². The van der Waals surface area contributed by atoms with Gasteiger partial charge in [0, 0.05) is 6.20 Å². The number of rotatable bonds is 3. The van der Waals surface area contributed by atoms with Gasteiger partial charge in [0.2, 0.25) is 0 Å². The van der Waals surface area contributed by atoms with Gasteiger partial charge in [-0.25, -0.2) is 0 Å². The van der Waals surface area contributed by atoms with Gasteiger partial charge in [0.1, 0.15) is 9.45 Å². The maximum absolute atomic E-state index is 5.93. The van der Waals surface area contributed by atoms with E-state index < -0.39 is 0 Å². The second kappa shape index (κ2) is 5.05. The molecule has 0 N–H and O–H groups in total. The summed E-state index contributed by atoms with van der Waals surface area (Å²) in [6, 6.07) is 7.90. The van der Waals surface area contributed by atoms with Gasteiger partial charge in [-0.05, 0) is 40.3 Å². The molecule has 0 aliphatic carbocycles. The normalized spacial score (nSPS) is 10.4. The first-order valence-corrected chi connectivity index (χ1v) is 6.16. The van der Waals surface area contributed by atoms with Gasteiger partial charge in [0.05, 0.1) is 18.7 Å². The Kier molecular flexibility index (Phi) is 3.70. The molecule has 84 valence electrons. The van der Waals surface area contributed by atoms with Crippen LogP contribution in [0.2, 0.25) is 5.02 Å². The molecule has 2 aromatic rings. The summed E-state index contributed by atoms with van der Waals surface area (Å²) >= 11 is 8.05. The number of halogens is 2. The van der Waals surface area contributed by atoms with Gasteiger partial charge < -0.3 is 4.74 Å². The van der Waals surface area contributed by atoms with Crippen LogP contribution in [0.4, 0.5) is 0 Å². The molecule has 0 unspecified atom stereocenters. The number of hydrogen-bond donors (Lipinski definition) is 0. The zero-order valence-corrected chi connectivity index (χ0v) is 11.6. The quantitative estimate of drug-likeness (QED) is 0.797. The molecular weight excluding hydrogens is 338 g/mol. The molecule has 0 amide bonds. The topological polar surface area (TPSA) is 27.1 Å². The third-order valence-electron chi connectivity index (χ3n) is 2.18. The van der Waals surface area contributed by atoms with Crippen LogP contribution >= 0.6 is 34.2 Å². The molecule has 0 spiro atoms. The largest absolute Gasteiger partial charge is 0.497 e. The van der Waals surface area contributed by atoms with E-state index in [9.17, 15) is 0 Å². The predicted octanol–water partition coefficient (Wildman–Crippen LogP) is 3.20. The van der Waals surface area contributed by atoms with E-state index >= 15 is 0 Å². The molecule has 2 rings (SSSR count). The molecule has 1 heterocycles. The summed E-state index contributed by atoms with van der Waals surface area (Å²) in [7, 11) is 1.66. The zero-order chi connectivity index (χ0) is 11.5. The van der Waals surface area contributed by atoms with Crippen LogP contribution < -0.4 is 4.74 Å². The van der Waals surface area contributed by atoms with E-state index in [-0.39, 0.29) is 0 Å². The van der Waals surface area contributed by atoms with E-state index in [1.54, 1.807) is 7.11 Å². The van der Waals surface area contributed by atoms with Crippen molar-refractivity contribution >= 4 is 34.2 Å². The molecule has 0 bridgehead atoms. The lowest BCUT2D eigenvalue weighted by Crippen LogP contribution is -2.00. The molecule has 1 aromatic heterocycles. The van der Waals surface area contributed by atoms with Crippen molar-refractivity contribution in [3.05, 3.63) is 44.7 Å². The minimum atomic E-state index is 0.689. The Morgan fingerprint density at radius 2 is 2.06 bits per heavy atom. The molecule has 0 saturated carbocycles. The van der Waals surface area contributed by atoms with E-state index in [0.29, 0.717) is 11.6 Å². The van der Waals surface area contributed by atoms with E-state index in [2.05, 4.69) is 27.7 Å². The average Bonchev–Trinajstić information content (AvgIpc) is 2.59. The van der Waals surface area contributed by atoms with Gasteiger partial charge in [-0.3, -0.25) is 4.68 Å². The summed E-state index contributed by atoms with van der Waals surface area (Å²) < 4.78 is 7.75. The van der Waals surface area contributed by atoms with Crippen LogP contribution in [0, 0.1) is 3.70 Å². The summed E-state index contributed by atoms with van der Waals surface area (Å²) in [6.45, 7) is 0.715. The van der Waals surface area contributed by atoms with E-state index in [1.165, 1.54) is 0 Å². The molecule has 0 aliphatic heterocycles. The van der Waals surface area contributed by atoms with Crippen molar-refractivity contribution in [2.24, 2.45) is 0 Å². The van der Waals surface area contributed by atoms with Gasteiger partial charge >= 0.3 is 0 Å². The van der Waals surface area contributed by atoms with Gasteiger partial charge in [0.15, 0.2) is 0 Å². The molecular formula is C11H10ClIN2O. The Hall–Kier alpha value is -0.750. The lowest BCUT2D eigenvalue weighted by Gasteiger charge is -2.03. The van der Waals surface area contributed by atoms with Crippen molar-refractivity contribution < 1.29 is 4.74 Å². The molecule has 0 saturated heterocycles. The minimum Gasteiger partial charge on any atom is -0.497 e. The second-order valence-electron chi connectivity index (χ2n) is 3.31. The van der Waals surface area contributed by atoms with Crippen molar-refractivity contribution in [1.29, 1.82) is 0 Å². The first-order valence-electron chi connectivity index (χ1n) is 4.70. The Labute approximate surface area is 113 Å². The Morgan fingerprint density at radius 1 is 1.38 bits per heavy atom. The van der Waals surface area contributed by atoms with Crippen LogP contribution in [0.3, 0.4) is 0 Å². The Bertz CT molecular complexity index is 462. The fourth-order valence-electron chi connectivity index (χ4n) is 1.37. The molecule has 16 heavy (non-hydrogen) atoms. The highest BCUT2D eigenvalue weighted by molar-refractivity contribution is 14.1. The third-order valence-corrected chi connectivity index (χ3v) is 3.57. The fourth-order valence-corrected chi connectivity index (χ4v) is 1.94. The molecule has 0 atom stereocenters. The number of aromatic nitrogens is 2. The maximum Gasteiger partial charge on any atom is 0.141 e. The highest BCUT2D eigenvalue weighted by Gasteiger charge is 2.03. The number of nitrogens with zero attached hydrogens (tertiary/aromatic N) is 2. The van der Waals surface area contributed by atoms with Gasteiger partial charge in [-0.15, -0.1) is 0 Å². The SMILES string of the molecule is COc1ccc(Cn2cc(Cl)c(I)n2)cc1. The summed E-state index contributed by atoms with van der Waals surface area (Å²) in [4.78, 5) is 0. The standard InChI is InChI=1S/C11H10ClIN2O/c1-16-9-4-2-8(3-5-9)6-15-7-10(12)11(13)14-15/h2-5,7H,6H2,1H3. The molecule has 0 fully saturated rings. The van der Waals surface area contributed by atoms with Crippen LogP contribution in [0.25, 0.3) is 0 Å². The summed E-state index contributed by atoms with van der Waals surface area (Å²) in [5, 5.41) is 4.98. The highest BCUT2D eigenvalue weighted by atomic mass is 127. The van der Waals surface area contributed by atoms with Crippen molar-refractivity contribution in [1.82, 2.24) is 9.78 Å². The summed E-state index contributed by atoms with van der Waals surface area (Å²) in [5.74, 6) is 0.858. The number of ether oxygens (including phenoxy) is 1. The second-order valence-corrected chi connectivity index (χ2v) is 4.74. The smallest absolute Gasteiger partial charge is 0.141 e. The average molecular weight is 349 g/mol. The van der Waals surface area contributed by atoms with Crippen molar-refractivity contribution in [3.63, 3.8) is 0 Å². The predicted molar refractivity (Wildman–Crippen MR) is 72.1 cm³/mol. The summed E-state index contributed by atoms with van der Waals surface area (Å²) in [6.07, 6.45) is 1.83. The summed E-state index contributed by atoms with van der Waals surface area (Å²) in [5.41, 5.74) is 1.16. The van der Waals surface area contributed by atoms with Crippen LogP contribution in [0.5, 0.6) is 5.75 Å². The Balaban J connectivity index is 2.14. The number of hydrogen-bond acceptors (Lipinski definition) is 2. The molecule has 0 radical (unpaired) electrons. The molecule has 0 aliphatic rings. The lowest BCUT2D eigenvalue weighted by molar-refractivity contribution is 0.414. The fraction of sp³-hybridized carbons (Fsp3) is 0.182. The Morgan fingerprint density at radius 3 is 2.56 bits per heavy atom. The van der Waals surface area contributed by atoms with Crippen LogP contribution in [0.1, 0.15) is 5.56 Å². The molecule has 5 heteroatoms. The third kappa shape index (κ3) is 2.68. The molecule has 3 nitrogen and oxygen atoms in total. The first kappa shape index (κ1) is 11.7. The van der Waals surface area contributed by atoms with E-state index in [0.717, 1.165) is 15.0 Å². The van der Waals surface area contributed by atoms with Gasteiger partial charge in [-0.1, -0.05) is 23.7 Å². The molecule has 1 aromatic carbocycles. The van der Waals surface area contributed by atoms with Crippen molar-refractivity contribution in [2.45, 2.75) is 6.54 Å². The van der Waals surface area contributed by atoms with Gasteiger partial charge in [-0.2, -0.15) is 5.10 Å². The van der Waals surface area contributed by atoms with E-state index in [1.807, 2.05) is 35.1 Å². The first-order chi connectivity index (χ1) is 7.69. The lowest BCUT2D eigenvalue weighted by atomic mass is 10.2. The van der Waals surface area contributed by atoms with Crippen LogP contribution in [-0.4, -0.2) is 16.9 Å². The van der Waals surface area contributed by atoms with Crippen molar-refractivity contribution in [3.8, 4) is 5.75 Å². The number of methoxy groups -OCH3 is 1. The monoisotopic (exact) mass is 348 g/mol. The maximum atomic E-state index is 5.93. The number of benzene rings is 1. The highest BCUT2D eigenvalue weighted by Crippen LogP contribution is 2.17. The van der Waals surface area contributed by atoms with Crippen LogP contribution in [-0.2, 0) is 6.54 Å².